The first-order valence-corrected chi connectivity index (χ1v) is 6.78. The molecule has 20 heavy (non-hydrogen) atoms. The van der Waals surface area contributed by atoms with Gasteiger partial charge in [-0.25, -0.2) is 4.39 Å². The monoisotopic (exact) mass is 285 g/mol. The summed E-state index contributed by atoms with van der Waals surface area (Å²) >= 11 is 5.78. The molecule has 0 bridgehead atoms. The first kappa shape index (κ1) is 12.9. The van der Waals surface area contributed by atoms with Crippen LogP contribution < -0.4 is 5.32 Å². The Balaban J connectivity index is 1.89. The second kappa shape index (κ2) is 5.51. The zero-order valence-corrected chi connectivity index (χ0v) is 11.5. The Bertz CT molecular complexity index is 750. The molecule has 0 radical (unpaired) electrons. The molecule has 3 aromatic carbocycles. The van der Waals surface area contributed by atoms with Crippen LogP contribution in [0.3, 0.4) is 0 Å². The summed E-state index contributed by atoms with van der Waals surface area (Å²) in [4.78, 5) is 0. The van der Waals surface area contributed by atoms with Gasteiger partial charge in [-0.3, -0.25) is 0 Å². The lowest BCUT2D eigenvalue weighted by Crippen LogP contribution is -2.02. The molecule has 0 saturated heterocycles. The Hall–Kier alpha value is -2.06. The molecule has 0 amide bonds. The third-order valence-corrected chi connectivity index (χ3v) is 3.59. The molecule has 3 aromatic rings. The molecule has 0 aliphatic heterocycles. The van der Waals surface area contributed by atoms with Gasteiger partial charge in [0.25, 0.3) is 0 Å². The molecule has 3 heteroatoms. The van der Waals surface area contributed by atoms with Crippen LogP contribution in [0.1, 0.15) is 5.56 Å². The number of nitrogens with one attached hydrogen (secondary N) is 1. The minimum atomic E-state index is -0.408. The number of fused-ring (bicyclic) bond motifs is 1. The molecular weight excluding hydrogens is 273 g/mol. The molecule has 0 aromatic heterocycles. The van der Waals surface area contributed by atoms with Crippen LogP contribution in [-0.2, 0) is 6.54 Å². The van der Waals surface area contributed by atoms with Crippen molar-refractivity contribution in [1.29, 1.82) is 0 Å². The quantitative estimate of drug-likeness (QED) is 0.693. The highest BCUT2D eigenvalue weighted by Gasteiger charge is 2.06. The van der Waals surface area contributed by atoms with E-state index < -0.39 is 5.82 Å². The van der Waals surface area contributed by atoms with E-state index in [1.165, 1.54) is 10.8 Å². The zero-order chi connectivity index (χ0) is 13.9. The fourth-order valence-corrected chi connectivity index (χ4v) is 2.45. The Morgan fingerprint density at radius 1 is 0.900 bits per heavy atom. The average Bonchev–Trinajstić information content (AvgIpc) is 2.49. The van der Waals surface area contributed by atoms with Gasteiger partial charge in [-0.05, 0) is 28.5 Å². The summed E-state index contributed by atoms with van der Waals surface area (Å²) in [5, 5.41) is 5.59. The Morgan fingerprint density at radius 2 is 1.65 bits per heavy atom. The minimum absolute atomic E-state index is 0.132. The van der Waals surface area contributed by atoms with Crippen molar-refractivity contribution in [1.82, 2.24) is 0 Å². The molecule has 0 aliphatic rings. The van der Waals surface area contributed by atoms with Crippen LogP contribution in [0.4, 0.5) is 10.1 Å². The Kier molecular flexibility index (Phi) is 3.57. The molecule has 0 heterocycles. The summed E-state index contributed by atoms with van der Waals surface area (Å²) in [6, 6.07) is 19.2. The predicted molar refractivity (Wildman–Crippen MR) is 82.7 cm³/mol. The van der Waals surface area contributed by atoms with E-state index in [1.54, 1.807) is 18.2 Å². The fourth-order valence-electron chi connectivity index (χ4n) is 2.28. The highest BCUT2D eigenvalue weighted by Crippen LogP contribution is 2.24. The maximum absolute atomic E-state index is 13.8. The van der Waals surface area contributed by atoms with Gasteiger partial charge < -0.3 is 5.32 Å². The van der Waals surface area contributed by atoms with Gasteiger partial charge in [0, 0.05) is 6.54 Å². The minimum Gasteiger partial charge on any atom is -0.379 e. The molecule has 0 saturated carbocycles. The number of anilines is 1. The summed E-state index contributed by atoms with van der Waals surface area (Å²) in [6.07, 6.45) is 0. The van der Waals surface area contributed by atoms with Gasteiger partial charge in [0.1, 0.15) is 0 Å². The molecule has 0 unspecified atom stereocenters. The van der Waals surface area contributed by atoms with Crippen LogP contribution in [0.15, 0.2) is 60.7 Å². The third-order valence-electron chi connectivity index (χ3n) is 3.30. The first-order valence-electron chi connectivity index (χ1n) is 6.40. The number of rotatable bonds is 3. The molecule has 1 N–H and O–H groups in total. The molecule has 0 spiro atoms. The van der Waals surface area contributed by atoms with Crippen LogP contribution in [0, 0.1) is 5.82 Å². The summed E-state index contributed by atoms with van der Waals surface area (Å²) < 4.78 is 13.8. The summed E-state index contributed by atoms with van der Waals surface area (Å²) in [7, 11) is 0. The van der Waals surface area contributed by atoms with Crippen molar-refractivity contribution in [3.05, 3.63) is 77.1 Å². The van der Waals surface area contributed by atoms with Crippen molar-refractivity contribution in [3.8, 4) is 0 Å². The molecule has 3 rings (SSSR count). The molecule has 0 aliphatic carbocycles. The van der Waals surface area contributed by atoms with Gasteiger partial charge in [-0.1, -0.05) is 60.1 Å². The lowest BCUT2D eigenvalue weighted by Gasteiger charge is -2.10. The highest BCUT2D eigenvalue weighted by atomic mass is 35.5. The van der Waals surface area contributed by atoms with Crippen LogP contribution in [-0.4, -0.2) is 0 Å². The lowest BCUT2D eigenvalue weighted by atomic mass is 10.0. The van der Waals surface area contributed by atoms with Gasteiger partial charge >= 0.3 is 0 Å². The van der Waals surface area contributed by atoms with Crippen molar-refractivity contribution in [2.75, 3.05) is 5.32 Å². The molecular formula is C17H13ClFN. The summed E-state index contributed by atoms with van der Waals surface area (Å²) in [5.74, 6) is -0.408. The Morgan fingerprint density at radius 3 is 2.55 bits per heavy atom. The van der Waals surface area contributed by atoms with E-state index in [9.17, 15) is 4.39 Å². The maximum Gasteiger partial charge on any atom is 0.164 e. The van der Waals surface area contributed by atoms with Crippen LogP contribution in [0.2, 0.25) is 5.02 Å². The van der Waals surface area contributed by atoms with Crippen molar-refractivity contribution < 1.29 is 4.39 Å². The van der Waals surface area contributed by atoms with Gasteiger partial charge in [0.2, 0.25) is 0 Å². The van der Waals surface area contributed by atoms with Crippen LogP contribution in [0.5, 0.6) is 0 Å². The smallest absolute Gasteiger partial charge is 0.164 e. The van der Waals surface area contributed by atoms with E-state index >= 15 is 0 Å². The van der Waals surface area contributed by atoms with E-state index in [0.29, 0.717) is 12.2 Å². The largest absolute Gasteiger partial charge is 0.379 e. The number of hydrogen-bond acceptors (Lipinski definition) is 1. The molecule has 0 fully saturated rings. The van der Waals surface area contributed by atoms with E-state index in [0.717, 1.165) is 5.56 Å². The van der Waals surface area contributed by atoms with Gasteiger partial charge in [-0.2, -0.15) is 0 Å². The predicted octanol–water partition coefficient (Wildman–Crippen LogP) is 5.24. The van der Waals surface area contributed by atoms with E-state index in [-0.39, 0.29) is 5.02 Å². The normalized spacial score (nSPS) is 10.7. The fraction of sp³-hybridized carbons (Fsp3) is 0.0588. The van der Waals surface area contributed by atoms with Crippen molar-refractivity contribution in [2.24, 2.45) is 0 Å². The van der Waals surface area contributed by atoms with E-state index in [1.807, 2.05) is 24.3 Å². The third kappa shape index (κ3) is 2.47. The van der Waals surface area contributed by atoms with E-state index in [4.69, 9.17) is 11.6 Å². The average molecular weight is 286 g/mol. The van der Waals surface area contributed by atoms with Crippen molar-refractivity contribution in [3.63, 3.8) is 0 Å². The summed E-state index contributed by atoms with van der Waals surface area (Å²) in [6.45, 7) is 0.554. The molecule has 100 valence electrons. The SMILES string of the molecule is Fc1c(Cl)cccc1NCc1cccc2ccccc12. The Labute approximate surface area is 122 Å². The van der Waals surface area contributed by atoms with E-state index in [2.05, 4.69) is 23.5 Å². The highest BCUT2D eigenvalue weighted by molar-refractivity contribution is 6.31. The number of benzene rings is 3. The van der Waals surface area contributed by atoms with Gasteiger partial charge in [0.05, 0.1) is 10.7 Å². The van der Waals surface area contributed by atoms with Gasteiger partial charge in [-0.15, -0.1) is 0 Å². The number of hydrogen-bond donors (Lipinski definition) is 1. The second-order valence-electron chi connectivity index (χ2n) is 4.59. The lowest BCUT2D eigenvalue weighted by molar-refractivity contribution is 0.630. The van der Waals surface area contributed by atoms with Crippen molar-refractivity contribution >= 4 is 28.1 Å². The topological polar surface area (TPSA) is 12.0 Å². The first-order chi connectivity index (χ1) is 9.75. The number of halogens is 2. The summed E-state index contributed by atoms with van der Waals surface area (Å²) in [5.41, 5.74) is 1.55. The van der Waals surface area contributed by atoms with Crippen molar-refractivity contribution in [2.45, 2.75) is 6.54 Å². The second-order valence-corrected chi connectivity index (χ2v) is 5.00. The van der Waals surface area contributed by atoms with Crippen LogP contribution >= 0.6 is 11.6 Å². The zero-order valence-electron chi connectivity index (χ0n) is 10.7. The molecule has 1 nitrogen and oxygen atoms in total. The van der Waals surface area contributed by atoms with Gasteiger partial charge in [0.15, 0.2) is 5.82 Å². The maximum atomic E-state index is 13.8. The standard InChI is InChI=1S/C17H13ClFN/c18-15-9-4-10-16(17(15)19)20-11-13-7-3-6-12-5-1-2-8-14(12)13/h1-10,20H,11H2. The van der Waals surface area contributed by atoms with Crippen LogP contribution in [0.25, 0.3) is 10.8 Å². The molecule has 0 atom stereocenters.